The first-order chi connectivity index (χ1) is 9.58. The third kappa shape index (κ3) is 3.35. The van der Waals surface area contributed by atoms with Crippen molar-refractivity contribution < 1.29 is 9.59 Å². The maximum Gasteiger partial charge on any atom is 0.217 e. The van der Waals surface area contributed by atoms with Crippen LogP contribution in [-0.2, 0) is 22.4 Å². The number of primary amides is 2. The standard InChI is InChI=1S/C16H18N2O2/c17-15(19)9-7-11-5-6-12(8-10-16(18)20)14-4-2-1-3-13(11)14/h1-6H,7-10H2,(H2,17,19)(H2,18,20). The summed E-state index contributed by atoms with van der Waals surface area (Å²) in [6.45, 7) is 0. The van der Waals surface area contributed by atoms with Gasteiger partial charge in [-0.2, -0.15) is 0 Å². The van der Waals surface area contributed by atoms with Crippen molar-refractivity contribution in [1.82, 2.24) is 0 Å². The van der Waals surface area contributed by atoms with Crippen molar-refractivity contribution in [2.75, 3.05) is 0 Å². The smallest absolute Gasteiger partial charge is 0.217 e. The minimum Gasteiger partial charge on any atom is -0.370 e. The van der Waals surface area contributed by atoms with Crippen LogP contribution in [0.15, 0.2) is 36.4 Å². The average molecular weight is 270 g/mol. The molecule has 2 rings (SSSR count). The topological polar surface area (TPSA) is 86.2 Å². The van der Waals surface area contributed by atoms with Crippen molar-refractivity contribution in [2.24, 2.45) is 11.5 Å². The van der Waals surface area contributed by atoms with Gasteiger partial charge in [0.15, 0.2) is 0 Å². The normalized spacial score (nSPS) is 10.6. The van der Waals surface area contributed by atoms with Gasteiger partial charge in [0, 0.05) is 12.8 Å². The fraction of sp³-hybridized carbons (Fsp3) is 0.250. The maximum atomic E-state index is 10.9. The predicted octanol–water partition coefficient (Wildman–Crippen LogP) is 1.68. The molecule has 4 nitrogen and oxygen atoms in total. The molecule has 0 saturated heterocycles. The molecular formula is C16H18N2O2. The van der Waals surface area contributed by atoms with Crippen molar-refractivity contribution >= 4 is 22.6 Å². The molecule has 4 N–H and O–H groups in total. The number of rotatable bonds is 6. The van der Waals surface area contributed by atoms with Gasteiger partial charge in [-0.05, 0) is 34.7 Å². The molecule has 4 heteroatoms. The molecule has 2 aromatic carbocycles. The summed E-state index contributed by atoms with van der Waals surface area (Å²) in [5, 5.41) is 2.21. The van der Waals surface area contributed by atoms with E-state index in [4.69, 9.17) is 11.5 Å². The van der Waals surface area contributed by atoms with Crippen LogP contribution in [0.1, 0.15) is 24.0 Å². The van der Waals surface area contributed by atoms with Crippen molar-refractivity contribution in [3.8, 4) is 0 Å². The SMILES string of the molecule is NC(=O)CCc1ccc(CCC(N)=O)c2ccccc12. The molecule has 0 radical (unpaired) electrons. The minimum atomic E-state index is -0.299. The Labute approximate surface area is 117 Å². The Bertz CT molecular complexity index is 593. The van der Waals surface area contributed by atoms with Crippen LogP contribution in [0.25, 0.3) is 10.8 Å². The fourth-order valence-electron chi connectivity index (χ4n) is 2.38. The van der Waals surface area contributed by atoms with Gasteiger partial charge in [-0.1, -0.05) is 36.4 Å². The summed E-state index contributed by atoms with van der Waals surface area (Å²) < 4.78 is 0. The molecule has 2 aromatic rings. The van der Waals surface area contributed by atoms with Crippen LogP contribution in [-0.4, -0.2) is 11.8 Å². The number of hydrogen-bond acceptors (Lipinski definition) is 2. The molecule has 0 aromatic heterocycles. The summed E-state index contributed by atoms with van der Waals surface area (Å²) in [5.74, 6) is -0.598. The van der Waals surface area contributed by atoms with Crippen LogP contribution in [0.4, 0.5) is 0 Å². The minimum absolute atomic E-state index is 0.299. The summed E-state index contributed by atoms with van der Waals surface area (Å²) >= 11 is 0. The molecule has 2 amide bonds. The number of aryl methyl sites for hydroxylation is 2. The van der Waals surface area contributed by atoms with Crippen LogP contribution in [0.5, 0.6) is 0 Å². The van der Waals surface area contributed by atoms with E-state index in [9.17, 15) is 9.59 Å². The summed E-state index contributed by atoms with van der Waals surface area (Å²) in [5.41, 5.74) is 12.6. The summed E-state index contributed by atoms with van der Waals surface area (Å²) in [7, 11) is 0. The first kappa shape index (κ1) is 14.1. The average Bonchev–Trinajstić information content (AvgIpc) is 2.43. The first-order valence-corrected chi connectivity index (χ1v) is 6.64. The number of hydrogen-bond donors (Lipinski definition) is 2. The highest BCUT2D eigenvalue weighted by Gasteiger charge is 2.07. The third-order valence-electron chi connectivity index (χ3n) is 3.39. The first-order valence-electron chi connectivity index (χ1n) is 6.64. The third-order valence-corrected chi connectivity index (χ3v) is 3.39. The molecule has 0 aliphatic heterocycles. The number of fused-ring (bicyclic) bond motifs is 1. The Morgan fingerprint density at radius 3 is 1.50 bits per heavy atom. The lowest BCUT2D eigenvalue weighted by Crippen LogP contribution is -2.12. The van der Waals surface area contributed by atoms with Crippen LogP contribution in [0, 0.1) is 0 Å². The molecular weight excluding hydrogens is 252 g/mol. The predicted molar refractivity (Wildman–Crippen MR) is 79.0 cm³/mol. The van der Waals surface area contributed by atoms with Crippen molar-refractivity contribution in [2.45, 2.75) is 25.7 Å². The van der Waals surface area contributed by atoms with E-state index in [1.807, 2.05) is 36.4 Å². The Kier molecular flexibility index (Phi) is 4.35. The Morgan fingerprint density at radius 2 is 1.15 bits per heavy atom. The highest BCUT2D eigenvalue weighted by atomic mass is 16.1. The lowest BCUT2D eigenvalue weighted by Gasteiger charge is -2.10. The van der Waals surface area contributed by atoms with Crippen LogP contribution in [0.2, 0.25) is 0 Å². The highest BCUT2D eigenvalue weighted by molar-refractivity contribution is 5.89. The Balaban J connectivity index is 2.36. The van der Waals surface area contributed by atoms with Gasteiger partial charge in [0.1, 0.15) is 0 Å². The van der Waals surface area contributed by atoms with Crippen molar-refractivity contribution in [3.63, 3.8) is 0 Å². The molecule has 0 fully saturated rings. The van der Waals surface area contributed by atoms with Gasteiger partial charge >= 0.3 is 0 Å². The van der Waals surface area contributed by atoms with Gasteiger partial charge < -0.3 is 11.5 Å². The molecule has 0 saturated carbocycles. The fourth-order valence-corrected chi connectivity index (χ4v) is 2.38. The van der Waals surface area contributed by atoms with E-state index < -0.39 is 0 Å². The molecule has 0 unspecified atom stereocenters. The molecule has 0 bridgehead atoms. The summed E-state index contributed by atoms with van der Waals surface area (Å²) in [6.07, 6.45) is 1.94. The summed E-state index contributed by atoms with van der Waals surface area (Å²) in [4.78, 5) is 21.8. The van der Waals surface area contributed by atoms with Gasteiger partial charge in [0.25, 0.3) is 0 Å². The van der Waals surface area contributed by atoms with E-state index >= 15 is 0 Å². The second-order valence-electron chi connectivity index (χ2n) is 4.86. The Morgan fingerprint density at radius 1 is 0.750 bits per heavy atom. The van der Waals surface area contributed by atoms with E-state index in [1.165, 1.54) is 0 Å². The molecule has 104 valence electrons. The van der Waals surface area contributed by atoms with Crippen molar-refractivity contribution in [1.29, 1.82) is 0 Å². The van der Waals surface area contributed by atoms with E-state index in [0.29, 0.717) is 25.7 Å². The van der Waals surface area contributed by atoms with Crippen LogP contribution in [0.3, 0.4) is 0 Å². The van der Waals surface area contributed by atoms with Crippen molar-refractivity contribution in [3.05, 3.63) is 47.5 Å². The quantitative estimate of drug-likeness (QED) is 0.836. The van der Waals surface area contributed by atoms with Gasteiger partial charge in [-0.3, -0.25) is 9.59 Å². The van der Waals surface area contributed by atoms with Gasteiger partial charge in [-0.15, -0.1) is 0 Å². The monoisotopic (exact) mass is 270 g/mol. The number of carbonyl (C=O) groups excluding carboxylic acids is 2. The lowest BCUT2D eigenvalue weighted by atomic mass is 9.95. The number of amides is 2. The highest BCUT2D eigenvalue weighted by Crippen LogP contribution is 2.24. The number of carbonyl (C=O) groups is 2. The second-order valence-corrected chi connectivity index (χ2v) is 4.86. The van der Waals surface area contributed by atoms with Gasteiger partial charge in [0.05, 0.1) is 0 Å². The van der Waals surface area contributed by atoms with Crippen LogP contribution >= 0.6 is 0 Å². The van der Waals surface area contributed by atoms with E-state index in [-0.39, 0.29) is 11.8 Å². The van der Waals surface area contributed by atoms with E-state index in [0.717, 1.165) is 21.9 Å². The molecule has 0 aliphatic rings. The Hall–Kier alpha value is -2.36. The summed E-state index contributed by atoms with van der Waals surface area (Å²) in [6, 6.07) is 12.0. The molecule has 20 heavy (non-hydrogen) atoms. The zero-order valence-electron chi connectivity index (χ0n) is 11.3. The largest absolute Gasteiger partial charge is 0.370 e. The second kappa shape index (κ2) is 6.19. The zero-order valence-corrected chi connectivity index (χ0v) is 11.3. The van der Waals surface area contributed by atoms with Crippen LogP contribution < -0.4 is 11.5 Å². The van der Waals surface area contributed by atoms with E-state index in [2.05, 4.69) is 0 Å². The maximum absolute atomic E-state index is 10.9. The molecule has 0 atom stereocenters. The van der Waals surface area contributed by atoms with Gasteiger partial charge in [0.2, 0.25) is 11.8 Å². The zero-order chi connectivity index (χ0) is 14.5. The van der Waals surface area contributed by atoms with Gasteiger partial charge in [-0.25, -0.2) is 0 Å². The number of nitrogens with two attached hydrogens (primary N) is 2. The lowest BCUT2D eigenvalue weighted by molar-refractivity contribution is -0.118. The molecule has 0 heterocycles. The molecule has 0 spiro atoms. The number of benzene rings is 2. The molecule has 0 aliphatic carbocycles. The van der Waals surface area contributed by atoms with E-state index in [1.54, 1.807) is 0 Å².